The molecule has 1 amide bonds. The van der Waals surface area contributed by atoms with Crippen molar-refractivity contribution in [1.82, 2.24) is 5.32 Å². The van der Waals surface area contributed by atoms with Gasteiger partial charge in [0.25, 0.3) is 0 Å². The lowest BCUT2D eigenvalue weighted by atomic mass is 10.2. The minimum atomic E-state index is -0.457. The summed E-state index contributed by atoms with van der Waals surface area (Å²) in [7, 11) is 1.94. The van der Waals surface area contributed by atoms with Gasteiger partial charge < -0.3 is 15.4 Å². The smallest absolute Gasteiger partial charge is 0.407 e. The summed E-state index contributed by atoms with van der Waals surface area (Å²) >= 11 is 3.48. The van der Waals surface area contributed by atoms with E-state index in [2.05, 4.69) is 63.9 Å². The van der Waals surface area contributed by atoms with E-state index in [1.54, 1.807) is 22.7 Å². The molecule has 4 nitrogen and oxygen atoms in total. The average Bonchev–Trinajstić information content (AvgIpc) is 3.33. The Balaban J connectivity index is 0.000000186. The molecule has 0 aliphatic carbocycles. The fraction of sp³-hybridized carbons (Fsp3) is 0.261. The molecule has 4 rings (SSSR count). The zero-order valence-corrected chi connectivity index (χ0v) is 18.7. The third-order valence-corrected chi connectivity index (χ3v) is 5.86. The Hall–Kier alpha value is -2.57. The maximum absolute atomic E-state index is 11.5. The summed E-state index contributed by atoms with van der Waals surface area (Å²) in [6, 6.07) is 16.8. The number of hydrogen-bond acceptors (Lipinski definition) is 5. The molecule has 0 fully saturated rings. The normalized spacial score (nSPS) is 11.0. The number of amides is 1. The van der Waals surface area contributed by atoms with E-state index >= 15 is 0 Å². The molecule has 0 saturated carbocycles. The highest BCUT2D eigenvalue weighted by Gasteiger charge is 2.15. The topological polar surface area (TPSA) is 50.4 Å². The van der Waals surface area contributed by atoms with E-state index in [1.807, 2.05) is 33.9 Å². The summed E-state index contributed by atoms with van der Waals surface area (Å²) in [6.45, 7) is 6.04. The number of carbonyl (C=O) groups excluding carboxylic acids is 1. The van der Waals surface area contributed by atoms with E-state index in [9.17, 15) is 4.79 Å². The predicted molar refractivity (Wildman–Crippen MR) is 126 cm³/mol. The average molecular weight is 427 g/mol. The molecule has 0 unspecified atom stereocenters. The molecular weight excluding hydrogens is 400 g/mol. The van der Waals surface area contributed by atoms with Gasteiger partial charge in [0.2, 0.25) is 0 Å². The number of hydrogen-bond donors (Lipinski definition) is 2. The van der Waals surface area contributed by atoms with Gasteiger partial charge in [0.15, 0.2) is 0 Å². The highest BCUT2D eigenvalue weighted by atomic mass is 32.1. The van der Waals surface area contributed by atoms with Crippen molar-refractivity contribution in [3.05, 3.63) is 64.9 Å². The van der Waals surface area contributed by atoms with Crippen molar-refractivity contribution in [2.75, 3.05) is 12.4 Å². The third kappa shape index (κ3) is 6.21. The van der Waals surface area contributed by atoms with Gasteiger partial charge in [-0.25, -0.2) is 4.79 Å². The van der Waals surface area contributed by atoms with Crippen LogP contribution in [0.3, 0.4) is 0 Å². The van der Waals surface area contributed by atoms with Gasteiger partial charge in [-0.15, -0.1) is 22.7 Å². The number of rotatable bonds is 3. The molecule has 2 aromatic heterocycles. The highest BCUT2D eigenvalue weighted by molar-refractivity contribution is 7.17. The Bertz CT molecular complexity index is 1090. The second-order valence-corrected chi connectivity index (χ2v) is 9.47. The fourth-order valence-electron chi connectivity index (χ4n) is 2.71. The minimum absolute atomic E-state index is 0.381. The molecule has 29 heavy (non-hydrogen) atoms. The first-order valence-corrected chi connectivity index (χ1v) is 11.2. The molecule has 0 bridgehead atoms. The molecule has 0 aliphatic rings. The van der Waals surface area contributed by atoms with Gasteiger partial charge in [0.05, 0.1) is 0 Å². The predicted octanol–water partition coefficient (Wildman–Crippen LogP) is 6.87. The third-order valence-electron chi connectivity index (χ3n) is 4.10. The Morgan fingerprint density at radius 3 is 2.17 bits per heavy atom. The fourth-order valence-corrected chi connectivity index (χ4v) is 4.39. The number of thiophene rings is 2. The van der Waals surface area contributed by atoms with Crippen LogP contribution in [0.2, 0.25) is 0 Å². The van der Waals surface area contributed by atoms with Crippen LogP contribution in [0.1, 0.15) is 26.3 Å². The number of fused-ring (bicyclic) bond motifs is 2. The molecular formula is C23H26N2O2S2. The van der Waals surface area contributed by atoms with E-state index < -0.39 is 5.60 Å². The Labute approximate surface area is 179 Å². The summed E-state index contributed by atoms with van der Waals surface area (Å²) in [4.78, 5) is 11.5. The molecule has 2 aromatic carbocycles. The zero-order valence-electron chi connectivity index (χ0n) is 17.1. The lowest BCUT2D eigenvalue weighted by Crippen LogP contribution is -2.32. The molecule has 0 saturated heterocycles. The molecule has 2 heterocycles. The SMILES string of the molecule is CC(C)(C)OC(=O)NCc1ccc2ccsc2c1.CNc1ccc2ccsc2c1. The second-order valence-electron chi connectivity index (χ2n) is 7.57. The van der Waals surface area contributed by atoms with Crippen LogP contribution >= 0.6 is 22.7 Å². The van der Waals surface area contributed by atoms with Crippen molar-refractivity contribution in [2.24, 2.45) is 0 Å². The van der Waals surface area contributed by atoms with E-state index in [-0.39, 0.29) is 6.09 Å². The highest BCUT2D eigenvalue weighted by Crippen LogP contribution is 2.24. The van der Waals surface area contributed by atoms with Gasteiger partial charge in [0.1, 0.15) is 5.60 Å². The van der Waals surface area contributed by atoms with Crippen molar-refractivity contribution in [3.63, 3.8) is 0 Å². The number of nitrogens with one attached hydrogen (secondary N) is 2. The lowest BCUT2D eigenvalue weighted by Gasteiger charge is -2.19. The van der Waals surface area contributed by atoms with Crippen LogP contribution in [-0.4, -0.2) is 18.7 Å². The van der Waals surface area contributed by atoms with E-state index in [1.165, 1.54) is 25.9 Å². The van der Waals surface area contributed by atoms with Crippen LogP contribution in [0.15, 0.2) is 59.3 Å². The standard InChI is InChI=1S/C14H17NO2S.C9H9NS/c1-14(2,3)17-13(16)15-9-10-4-5-11-6-7-18-12(11)8-10;1-10-8-3-2-7-4-5-11-9(7)6-8/h4-8H,9H2,1-3H3,(H,15,16);2-6,10H,1H3. The summed E-state index contributed by atoms with van der Waals surface area (Å²) in [5, 5.41) is 12.6. The van der Waals surface area contributed by atoms with Crippen LogP contribution in [0.4, 0.5) is 10.5 Å². The summed E-state index contributed by atoms with van der Waals surface area (Å²) in [6.07, 6.45) is -0.381. The van der Waals surface area contributed by atoms with Crippen LogP contribution < -0.4 is 10.6 Å². The minimum Gasteiger partial charge on any atom is -0.444 e. The summed E-state index contributed by atoms with van der Waals surface area (Å²) < 4.78 is 7.76. The van der Waals surface area contributed by atoms with Crippen LogP contribution in [0.5, 0.6) is 0 Å². The van der Waals surface area contributed by atoms with Crippen LogP contribution in [-0.2, 0) is 11.3 Å². The quantitative estimate of drug-likeness (QED) is 0.376. The summed E-state index contributed by atoms with van der Waals surface area (Å²) in [5.41, 5.74) is 1.80. The first-order chi connectivity index (χ1) is 13.8. The van der Waals surface area contributed by atoms with Gasteiger partial charge in [-0.3, -0.25) is 0 Å². The van der Waals surface area contributed by atoms with Crippen molar-refractivity contribution < 1.29 is 9.53 Å². The molecule has 0 atom stereocenters. The van der Waals surface area contributed by atoms with Crippen molar-refractivity contribution in [1.29, 1.82) is 0 Å². The van der Waals surface area contributed by atoms with Crippen molar-refractivity contribution in [3.8, 4) is 0 Å². The number of anilines is 1. The second kappa shape index (κ2) is 9.29. The van der Waals surface area contributed by atoms with E-state index in [4.69, 9.17) is 4.74 Å². The van der Waals surface area contributed by atoms with E-state index in [0.717, 1.165) is 5.56 Å². The van der Waals surface area contributed by atoms with E-state index in [0.29, 0.717) is 6.54 Å². The van der Waals surface area contributed by atoms with Gasteiger partial charge in [-0.1, -0.05) is 18.2 Å². The number of benzene rings is 2. The molecule has 152 valence electrons. The molecule has 0 radical (unpaired) electrons. The van der Waals surface area contributed by atoms with Gasteiger partial charge in [-0.2, -0.15) is 0 Å². The monoisotopic (exact) mass is 426 g/mol. The maximum Gasteiger partial charge on any atom is 0.407 e. The van der Waals surface area contributed by atoms with Crippen LogP contribution in [0.25, 0.3) is 20.2 Å². The first-order valence-electron chi connectivity index (χ1n) is 9.42. The zero-order chi connectivity index (χ0) is 20.9. The molecule has 2 N–H and O–H groups in total. The largest absolute Gasteiger partial charge is 0.444 e. The first kappa shape index (κ1) is 21.1. The molecule has 6 heteroatoms. The van der Waals surface area contributed by atoms with Crippen molar-refractivity contribution in [2.45, 2.75) is 32.9 Å². The van der Waals surface area contributed by atoms with Gasteiger partial charge >= 0.3 is 6.09 Å². The molecule has 0 aliphatic heterocycles. The maximum atomic E-state index is 11.5. The lowest BCUT2D eigenvalue weighted by molar-refractivity contribution is 0.0523. The Kier molecular flexibility index (Phi) is 6.77. The number of alkyl carbamates (subject to hydrolysis) is 1. The summed E-state index contributed by atoms with van der Waals surface area (Å²) in [5.74, 6) is 0. The Morgan fingerprint density at radius 2 is 1.55 bits per heavy atom. The number of carbonyl (C=O) groups is 1. The van der Waals surface area contributed by atoms with Crippen LogP contribution in [0, 0.1) is 0 Å². The molecule has 4 aromatic rings. The number of ether oxygens (including phenoxy) is 1. The van der Waals surface area contributed by atoms with Gasteiger partial charge in [-0.05, 0) is 78.2 Å². The molecule has 0 spiro atoms. The van der Waals surface area contributed by atoms with Crippen molar-refractivity contribution >= 4 is 54.6 Å². The van der Waals surface area contributed by atoms with Gasteiger partial charge in [0, 0.05) is 28.7 Å². The Morgan fingerprint density at radius 1 is 0.931 bits per heavy atom.